The lowest BCUT2D eigenvalue weighted by molar-refractivity contribution is -0.124. The minimum absolute atomic E-state index is 0.0718. The Morgan fingerprint density at radius 1 is 0.964 bits per heavy atom. The van der Waals surface area contributed by atoms with Crippen molar-refractivity contribution in [1.29, 1.82) is 0 Å². The molecule has 0 saturated heterocycles. The first-order valence-corrected chi connectivity index (χ1v) is 8.50. The highest BCUT2D eigenvalue weighted by atomic mass is 16.5. The normalized spacial score (nSPS) is 10.1. The maximum atomic E-state index is 12.0. The third kappa shape index (κ3) is 5.29. The zero-order chi connectivity index (χ0) is 20.5. The lowest BCUT2D eigenvalue weighted by atomic mass is 10.1. The Balaban J connectivity index is 1.81. The quantitative estimate of drug-likeness (QED) is 0.632. The first-order chi connectivity index (χ1) is 13.5. The molecule has 0 fully saturated rings. The summed E-state index contributed by atoms with van der Waals surface area (Å²) in [6.07, 6.45) is 0.566. The number of rotatable bonds is 9. The minimum Gasteiger partial charge on any atom is -0.504 e. The maximum absolute atomic E-state index is 12.0. The van der Waals surface area contributed by atoms with Crippen molar-refractivity contribution in [1.82, 2.24) is 5.32 Å². The summed E-state index contributed by atoms with van der Waals surface area (Å²) in [4.78, 5) is 23.9. The van der Waals surface area contributed by atoms with Gasteiger partial charge in [0.05, 0.1) is 21.3 Å². The molecule has 0 aliphatic rings. The van der Waals surface area contributed by atoms with Gasteiger partial charge in [-0.1, -0.05) is 12.1 Å². The lowest BCUT2D eigenvalue weighted by Crippen LogP contribution is -2.30. The summed E-state index contributed by atoms with van der Waals surface area (Å²) >= 11 is 0. The van der Waals surface area contributed by atoms with Crippen molar-refractivity contribution in [3.63, 3.8) is 0 Å². The summed E-state index contributed by atoms with van der Waals surface area (Å²) in [5, 5.41) is 12.6. The Morgan fingerprint density at radius 2 is 1.68 bits per heavy atom. The van der Waals surface area contributed by atoms with Crippen molar-refractivity contribution in [2.75, 3.05) is 34.5 Å². The molecule has 0 aliphatic heterocycles. The Kier molecular flexibility index (Phi) is 7.50. The summed E-state index contributed by atoms with van der Waals surface area (Å²) in [5.41, 5.74) is 0.883. The number of amides is 1. The van der Waals surface area contributed by atoms with E-state index in [-0.39, 0.29) is 17.1 Å². The Hall–Kier alpha value is -3.42. The van der Waals surface area contributed by atoms with Crippen LogP contribution in [0.25, 0.3) is 0 Å². The number of carbonyl (C=O) groups is 2. The van der Waals surface area contributed by atoms with Crippen LogP contribution in [0, 0.1) is 0 Å². The van der Waals surface area contributed by atoms with E-state index in [1.165, 1.54) is 19.2 Å². The molecule has 2 rings (SSSR count). The molecule has 0 aliphatic carbocycles. The number of hydrogen-bond donors (Lipinski definition) is 2. The molecule has 0 atom stereocenters. The van der Waals surface area contributed by atoms with Crippen molar-refractivity contribution >= 4 is 11.9 Å². The van der Waals surface area contributed by atoms with Gasteiger partial charge in [0.15, 0.2) is 29.6 Å². The standard InChI is InChI=1S/C20H23NO7/c1-25-15-8-7-13(11-17(15)27-3)9-10-21-18(22)12-28-20(24)14-5-4-6-16(26-2)19(14)23/h4-8,11,23H,9-10,12H2,1-3H3,(H,21,22). The van der Waals surface area contributed by atoms with E-state index in [4.69, 9.17) is 18.9 Å². The van der Waals surface area contributed by atoms with Crippen LogP contribution in [0.3, 0.4) is 0 Å². The number of ether oxygens (including phenoxy) is 4. The Labute approximate surface area is 163 Å². The molecule has 150 valence electrons. The number of aromatic hydroxyl groups is 1. The molecular formula is C20H23NO7. The number of phenolic OH excluding ortho intramolecular Hbond substituents is 1. The van der Waals surface area contributed by atoms with Gasteiger partial charge in [-0.2, -0.15) is 0 Å². The fourth-order valence-electron chi connectivity index (χ4n) is 2.49. The van der Waals surface area contributed by atoms with Gasteiger partial charge in [0.1, 0.15) is 5.56 Å². The maximum Gasteiger partial charge on any atom is 0.342 e. The number of benzene rings is 2. The number of para-hydroxylation sites is 1. The molecule has 0 bridgehead atoms. The van der Waals surface area contributed by atoms with E-state index >= 15 is 0 Å². The summed E-state index contributed by atoms with van der Waals surface area (Å²) in [6.45, 7) is -0.0995. The number of nitrogens with one attached hydrogen (secondary N) is 1. The third-order valence-electron chi connectivity index (χ3n) is 3.96. The topological polar surface area (TPSA) is 103 Å². The van der Waals surface area contributed by atoms with E-state index in [1.54, 1.807) is 26.4 Å². The highest BCUT2D eigenvalue weighted by molar-refractivity contribution is 5.94. The molecule has 0 aromatic heterocycles. The largest absolute Gasteiger partial charge is 0.504 e. The molecule has 0 radical (unpaired) electrons. The van der Waals surface area contributed by atoms with Gasteiger partial charge in [-0.05, 0) is 36.2 Å². The average Bonchev–Trinajstić information content (AvgIpc) is 2.72. The monoisotopic (exact) mass is 389 g/mol. The molecule has 0 saturated carbocycles. The second kappa shape index (κ2) is 10.1. The zero-order valence-electron chi connectivity index (χ0n) is 16.0. The van der Waals surface area contributed by atoms with Crippen molar-refractivity contribution in [2.24, 2.45) is 0 Å². The van der Waals surface area contributed by atoms with E-state index < -0.39 is 18.5 Å². The van der Waals surface area contributed by atoms with Crippen LogP contribution in [0.15, 0.2) is 36.4 Å². The van der Waals surface area contributed by atoms with Gasteiger partial charge in [-0.3, -0.25) is 4.79 Å². The first kappa shape index (κ1) is 20.9. The molecule has 8 heteroatoms. The molecule has 8 nitrogen and oxygen atoms in total. The van der Waals surface area contributed by atoms with Crippen LogP contribution in [0.2, 0.25) is 0 Å². The zero-order valence-corrected chi connectivity index (χ0v) is 16.0. The predicted octanol–water partition coefficient (Wildman–Crippen LogP) is 1.93. The second-order valence-electron chi connectivity index (χ2n) is 5.72. The fraction of sp³-hybridized carbons (Fsp3) is 0.300. The average molecular weight is 389 g/mol. The summed E-state index contributed by atoms with van der Waals surface area (Å²) in [5.74, 6) is -0.207. The van der Waals surface area contributed by atoms with Crippen molar-refractivity contribution in [2.45, 2.75) is 6.42 Å². The van der Waals surface area contributed by atoms with E-state index in [2.05, 4.69) is 5.32 Å². The van der Waals surface area contributed by atoms with Gasteiger partial charge in [0, 0.05) is 6.54 Å². The summed E-state index contributed by atoms with van der Waals surface area (Å²) < 4.78 is 20.3. The summed E-state index contributed by atoms with van der Waals surface area (Å²) in [6, 6.07) is 9.93. The molecule has 2 aromatic carbocycles. The van der Waals surface area contributed by atoms with Crippen LogP contribution >= 0.6 is 0 Å². The van der Waals surface area contributed by atoms with Gasteiger partial charge < -0.3 is 29.4 Å². The van der Waals surface area contributed by atoms with Crippen molar-refractivity contribution in [3.8, 4) is 23.0 Å². The van der Waals surface area contributed by atoms with Crippen molar-refractivity contribution in [3.05, 3.63) is 47.5 Å². The van der Waals surface area contributed by atoms with Gasteiger partial charge in [-0.25, -0.2) is 4.79 Å². The van der Waals surface area contributed by atoms with Gasteiger partial charge >= 0.3 is 5.97 Å². The molecule has 2 aromatic rings. The van der Waals surface area contributed by atoms with Gasteiger partial charge in [0.25, 0.3) is 5.91 Å². The molecular weight excluding hydrogens is 366 g/mol. The van der Waals surface area contributed by atoms with E-state index in [0.717, 1.165) is 5.56 Å². The van der Waals surface area contributed by atoms with Crippen molar-refractivity contribution < 1.29 is 33.6 Å². The predicted molar refractivity (Wildman–Crippen MR) is 101 cm³/mol. The van der Waals surface area contributed by atoms with E-state index in [1.807, 2.05) is 12.1 Å². The van der Waals surface area contributed by atoms with Crippen LogP contribution < -0.4 is 19.5 Å². The number of esters is 1. The van der Waals surface area contributed by atoms with Crippen LogP contribution in [0.4, 0.5) is 0 Å². The second-order valence-corrected chi connectivity index (χ2v) is 5.72. The third-order valence-corrected chi connectivity index (χ3v) is 3.96. The first-order valence-electron chi connectivity index (χ1n) is 8.50. The van der Waals surface area contributed by atoms with E-state index in [9.17, 15) is 14.7 Å². The molecule has 0 unspecified atom stereocenters. The number of carbonyl (C=O) groups excluding carboxylic acids is 2. The van der Waals surface area contributed by atoms with Gasteiger partial charge in [-0.15, -0.1) is 0 Å². The molecule has 0 heterocycles. The highest BCUT2D eigenvalue weighted by Gasteiger charge is 2.17. The van der Waals surface area contributed by atoms with Crippen LogP contribution in [-0.4, -0.2) is 51.5 Å². The van der Waals surface area contributed by atoms with E-state index in [0.29, 0.717) is 24.5 Å². The molecule has 2 N–H and O–H groups in total. The van der Waals surface area contributed by atoms with Crippen LogP contribution in [0.5, 0.6) is 23.0 Å². The minimum atomic E-state index is -0.813. The molecule has 1 amide bonds. The Bertz CT molecular complexity index is 835. The smallest absolute Gasteiger partial charge is 0.342 e. The number of hydrogen-bond acceptors (Lipinski definition) is 7. The Morgan fingerprint density at radius 3 is 2.36 bits per heavy atom. The highest BCUT2D eigenvalue weighted by Crippen LogP contribution is 2.30. The number of methoxy groups -OCH3 is 3. The molecule has 28 heavy (non-hydrogen) atoms. The molecule has 0 spiro atoms. The lowest BCUT2D eigenvalue weighted by Gasteiger charge is -2.11. The van der Waals surface area contributed by atoms with Crippen LogP contribution in [0.1, 0.15) is 15.9 Å². The SMILES string of the molecule is COc1ccc(CCNC(=O)COC(=O)c2cccc(OC)c2O)cc1OC. The summed E-state index contributed by atoms with van der Waals surface area (Å²) in [7, 11) is 4.48. The fourth-order valence-corrected chi connectivity index (χ4v) is 2.49. The van der Waals surface area contributed by atoms with Crippen LogP contribution in [-0.2, 0) is 16.0 Å². The van der Waals surface area contributed by atoms with Gasteiger partial charge in [0.2, 0.25) is 0 Å². The number of phenols is 1.